The van der Waals surface area contributed by atoms with E-state index < -0.39 is 10.6 Å². The number of thiol groups is 1. The van der Waals surface area contributed by atoms with Gasteiger partial charge in [0.2, 0.25) is 0 Å². The Kier molecular flexibility index (Phi) is 4.44. The third kappa shape index (κ3) is 2.48. The number of carbonyl (C=O) groups excluding carboxylic acids is 1. The van der Waals surface area contributed by atoms with Crippen molar-refractivity contribution in [2.45, 2.75) is 4.90 Å². The summed E-state index contributed by atoms with van der Waals surface area (Å²) in [5.41, 5.74) is 4.77. The van der Waals surface area contributed by atoms with Crippen LogP contribution in [0.3, 0.4) is 0 Å². The molecule has 0 amide bonds. The van der Waals surface area contributed by atoms with E-state index in [-0.39, 0.29) is 28.1 Å². The molecule has 7 heteroatoms. The van der Waals surface area contributed by atoms with Gasteiger partial charge in [-0.2, -0.15) is 5.26 Å². The van der Waals surface area contributed by atoms with Crippen molar-refractivity contribution in [3.8, 4) is 17.9 Å². The van der Waals surface area contributed by atoms with Gasteiger partial charge in [0, 0.05) is 6.07 Å². The van der Waals surface area contributed by atoms with E-state index in [1.807, 2.05) is 0 Å². The van der Waals surface area contributed by atoms with Crippen LogP contribution < -0.4 is 5.73 Å². The molecule has 18 heavy (non-hydrogen) atoms. The molecule has 0 heterocycles. The summed E-state index contributed by atoms with van der Waals surface area (Å²) in [5.74, 6) is 5.04. The second-order valence-corrected chi connectivity index (χ2v) is 3.52. The Hall–Kier alpha value is -2.35. The topological polar surface area (TPSA) is 110 Å². The highest BCUT2D eigenvalue weighted by atomic mass is 32.1. The third-order valence-corrected chi connectivity index (χ3v) is 2.54. The van der Waals surface area contributed by atoms with Gasteiger partial charge in [0.25, 0.3) is 5.69 Å². The Balaban J connectivity index is 3.72. The Labute approximate surface area is 108 Å². The number of hydrogen-bond acceptors (Lipinski definition) is 6. The molecule has 0 radical (unpaired) electrons. The van der Waals surface area contributed by atoms with Crippen molar-refractivity contribution in [3.63, 3.8) is 0 Å². The lowest BCUT2D eigenvalue weighted by atomic mass is 10.0. The summed E-state index contributed by atoms with van der Waals surface area (Å²) in [6.07, 6.45) is 0.386. The maximum absolute atomic E-state index is 11.0. The molecule has 2 N–H and O–H groups in total. The number of carbonyl (C=O) groups is 1. The summed E-state index contributed by atoms with van der Waals surface area (Å²) in [7, 11) is 0. The number of hydrogen-bond donors (Lipinski definition) is 2. The van der Waals surface area contributed by atoms with E-state index in [0.29, 0.717) is 6.29 Å². The first-order valence-corrected chi connectivity index (χ1v) is 5.10. The normalized spacial score (nSPS) is 8.94. The van der Waals surface area contributed by atoms with E-state index >= 15 is 0 Å². The van der Waals surface area contributed by atoms with Crippen LogP contribution >= 0.6 is 12.6 Å². The van der Waals surface area contributed by atoms with E-state index in [0.717, 1.165) is 6.07 Å². The molecule has 1 rings (SSSR count). The lowest BCUT2D eigenvalue weighted by Crippen LogP contribution is -2.01. The van der Waals surface area contributed by atoms with Crippen LogP contribution in [0.25, 0.3) is 0 Å². The van der Waals surface area contributed by atoms with E-state index in [1.165, 1.54) is 0 Å². The van der Waals surface area contributed by atoms with Gasteiger partial charge in [0.1, 0.15) is 6.07 Å². The molecule has 0 unspecified atom stereocenters. The molecule has 1 aromatic rings. The SMILES string of the molecule is N#Cc1cc([N+](=O)[O-])c(S)c(C=O)c1C#CCN. The summed E-state index contributed by atoms with van der Waals surface area (Å²) in [6, 6.07) is 2.80. The van der Waals surface area contributed by atoms with E-state index in [4.69, 9.17) is 11.0 Å². The standard InChI is InChI=1S/C11H7N3O3S/c12-3-1-2-8-7(5-13)4-10(14(16)17)11(18)9(8)6-15/h4,6,18H,3,12H2. The van der Waals surface area contributed by atoms with Crippen LogP contribution in [0.2, 0.25) is 0 Å². The monoisotopic (exact) mass is 261 g/mol. The van der Waals surface area contributed by atoms with Crippen LogP contribution in [-0.4, -0.2) is 17.8 Å². The molecule has 0 spiro atoms. The van der Waals surface area contributed by atoms with Crippen molar-refractivity contribution in [1.82, 2.24) is 0 Å². The predicted octanol–water partition coefficient (Wildman–Crippen LogP) is 0.878. The Morgan fingerprint density at radius 3 is 2.72 bits per heavy atom. The van der Waals surface area contributed by atoms with Crippen molar-refractivity contribution in [2.75, 3.05) is 6.54 Å². The summed E-state index contributed by atoms with van der Waals surface area (Å²) in [4.78, 5) is 20.9. The molecule has 0 atom stereocenters. The summed E-state index contributed by atoms with van der Waals surface area (Å²) >= 11 is 3.93. The number of nitrogens with zero attached hydrogens (tertiary/aromatic N) is 2. The van der Waals surface area contributed by atoms with Crippen LogP contribution in [0.15, 0.2) is 11.0 Å². The highest BCUT2D eigenvalue weighted by molar-refractivity contribution is 7.80. The van der Waals surface area contributed by atoms with Crippen LogP contribution in [0, 0.1) is 33.3 Å². The lowest BCUT2D eigenvalue weighted by molar-refractivity contribution is -0.387. The van der Waals surface area contributed by atoms with E-state index in [2.05, 4.69) is 24.5 Å². The number of nitro groups is 1. The zero-order valence-corrected chi connectivity index (χ0v) is 9.90. The Bertz CT molecular complexity index is 623. The molecule has 0 aliphatic rings. The number of nitrogens with two attached hydrogens (primary N) is 1. The largest absolute Gasteiger partial charge is 0.320 e. The minimum absolute atomic E-state index is 0.0437. The van der Waals surface area contributed by atoms with Gasteiger partial charge in [-0.3, -0.25) is 14.9 Å². The smallest absolute Gasteiger partial charge is 0.284 e. The van der Waals surface area contributed by atoms with Crippen LogP contribution in [-0.2, 0) is 0 Å². The molecule has 0 bridgehead atoms. The van der Waals surface area contributed by atoms with E-state index in [9.17, 15) is 14.9 Å². The highest BCUT2D eigenvalue weighted by Crippen LogP contribution is 2.30. The summed E-state index contributed by atoms with van der Waals surface area (Å²) < 4.78 is 0. The van der Waals surface area contributed by atoms with Gasteiger partial charge < -0.3 is 5.73 Å². The van der Waals surface area contributed by atoms with Crippen LogP contribution in [0.1, 0.15) is 21.5 Å². The second-order valence-electron chi connectivity index (χ2n) is 3.07. The van der Waals surface area contributed by atoms with Gasteiger partial charge in [0.15, 0.2) is 6.29 Å². The van der Waals surface area contributed by atoms with E-state index in [1.54, 1.807) is 6.07 Å². The van der Waals surface area contributed by atoms with Gasteiger partial charge >= 0.3 is 0 Å². The number of nitro benzene ring substituents is 1. The van der Waals surface area contributed by atoms with Crippen molar-refractivity contribution < 1.29 is 9.72 Å². The first kappa shape index (κ1) is 13.7. The van der Waals surface area contributed by atoms with Crippen molar-refractivity contribution in [3.05, 3.63) is 32.9 Å². The minimum Gasteiger partial charge on any atom is -0.320 e. The molecule has 0 saturated heterocycles. The molecule has 0 aliphatic heterocycles. The number of rotatable bonds is 2. The molecule has 0 saturated carbocycles. The molecule has 90 valence electrons. The lowest BCUT2D eigenvalue weighted by Gasteiger charge is -2.04. The molecular formula is C11H7N3O3S. The van der Waals surface area contributed by atoms with Gasteiger partial charge in [-0.1, -0.05) is 11.8 Å². The zero-order chi connectivity index (χ0) is 13.7. The first-order chi connectivity index (χ1) is 8.56. The van der Waals surface area contributed by atoms with Gasteiger partial charge in [-0.25, -0.2) is 0 Å². The van der Waals surface area contributed by atoms with Crippen molar-refractivity contribution in [2.24, 2.45) is 5.73 Å². The van der Waals surface area contributed by atoms with Gasteiger partial charge in [-0.15, -0.1) is 12.6 Å². The van der Waals surface area contributed by atoms with Gasteiger partial charge in [0.05, 0.1) is 33.1 Å². The quantitative estimate of drug-likeness (QED) is 0.270. The summed E-state index contributed by atoms with van der Waals surface area (Å²) in [6.45, 7) is 0.0437. The highest BCUT2D eigenvalue weighted by Gasteiger charge is 2.21. The number of nitriles is 1. The Morgan fingerprint density at radius 2 is 2.28 bits per heavy atom. The number of benzene rings is 1. The minimum atomic E-state index is -0.712. The first-order valence-electron chi connectivity index (χ1n) is 4.65. The average molecular weight is 261 g/mol. The van der Waals surface area contributed by atoms with Gasteiger partial charge in [-0.05, 0) is 0 Å². The predicted molar refractivity (Wildman–Crippen MR) is 66.4 cm³/mol. The maximum atomic E-state index is 11.0. The van der Waals surface area contributed by atoms with Crippen LogP contribution in [0.5, 0.6) is 0 Å². The fraction of sp³-hybridized carbons (Fsp3) is 0.0909. The second kappa shape index (κ2) is 5.82. The summed E-state index contributed by atoms with van der Waals surface area (Å²) in [5, 5.41) is 19.7. The van der Waals surface area contributed by atoms with Crippen molar-refractivity contribution >= 4 is 24.6 Å². The fourth-order valence-corrected chi connectivity index (χ4v) is 1.61. The fourth-order valence-electron chi connectivity index (χ4n) is 1.29. The molecule has 0 aliphatic carbocycles. The van der Waals surface area contributed by atoms with Crippen molar-refractivity contribution in [1.29, 1.82) is 5.26 Å². The zero-order valence-electron chi connectivity index (χ0n) is 9.01. The number of aldehydes is 1. The molecular weight excluding hydrogens is 254 g/mol. The average Bonchev–Trinajstić information content (AvgIpc) is 2.35. The van der Waals surface area contributed by atoms with Crippen LogP contribution in [0.4, 0.5) is 5.69 Å². The molecule has 0 aromatic heterocycles. The Morgan fingerprint density at radius 1 is 1.61 bits per heavy atom. The molecule has 1 aromatic carbocycles. The third-order valence-electron chi connectivity index (χ3n) is 2.07. The molecule has 0 fully saturated rings. The molecule has 6 nitrogen and oxygen atoms in total. The maximum Gasteiger partial charge on any atom is 0.284 e.